The molecule has 3 aromatic carbocycles. The summed E-state index contributed by atoms with van der Waals surface area (Å²) in [4.78, 5) is 0. The lowest BCUT2D eigenvalue weighted by Gasteiger charge is -2.44. The summed E-state index contributed by atoms with van der Waals surface area (Å²) in [6, 6.07) is 31.7. The van der Waals surface area contributed by atoms with Crippen LogP contribution in [0.25, 0.3) is 0 Å². The van der Waals surface area contributed by atoms with Gasteiger partial charge in [0.1, 0.15) is 0 Å². The molecular weight excluding hydrogens is 472 g/mol. The third-order valence-corrected chi connectivity index (χ3v) is 12.4. The van der Waals surface area contributed by atoms with E-state index in [1.807, 2.05) is 18.2 Å². The van der Waals surface area contributed by atoms with Gasteiger partial charge in [-0.05, 0) is 39.2 Å². The van der Waals surface area contributed by atoms with Crippen molar-refractivity contribution in [2.45, 2.75) is 65.7 Å². The first-order chi connectivity index (χ1) is 17.6. The van der Waals surface area contributed by atoms with Crippen LogP contribution >= 0.6 is 0 Å². The fraction of sp³-hybridized carbons (Fsp3) is 0.455. The summed E-state index contributed by atoms with van der Waals surface area (Å²) in [5.74, 6) is 0.556. The van der Waals surface area contributed by atoms with E-state index in [4.69, 9.17) is 9.16 Å². The molecule has 0 radical (unpaired) electrons. The number of hydrogen-bond acceptors (Lipinski definition) is 3. The molecule has 0 fully saturated rings. The average molecular weight is 519 g/mol. The average Bonchev–Trinajstić information content (AvgIpc) is 2.89. The minimum Gasteiger partial charge on any atom is -0.407 e. The van der Waals surface area contributed by atoms with Gasteiger partial charge in [-0.3, -0.25) is 0 Å². The molecule has 0 unspecified atom stereocenters. The predicted octanol–water partition coefficient (Wildman–Crippen LogP) is 6.44. The first-order valence-corrected chi connectivity index (χ1v) is 15.6. The fourth-order valence-electron chi connectivity index (χ4n) is 5.47. The molecule has 1 N–H and O–H groups in total. The number of hydrogen-bond donors (Lipinski definition) is 1. The van der Waals surface area contributed by atoms with Gasteiger partial charge in [-0.25, -0.2) is 0 Å². The van der Waals surface area contributed by atoms with Gasteiger partial charge in [0.25, 0.3) is 8.32 Å². The van der Waals surface area contributed by atoms with E-state index in [9.17, 15) is 5.11 Å². The smallest absolute Gasteiger partial charge is 0.261 e. The Morgan fingerprint density at radius 1 is 0.703 bits per heavy atom. The van der Waals surface area contributed by atoms with Crippen molar-refractivity contribution >= 4 is 18.7 Å². The van der Waals surface area contributed by atoms with Crippen LogP contribution in [0, 0.1) is 17.8 Å². The maximum Gasteiger partial charge on any atom is 0.261 e. The predicted molar refractivity (Wildman–Crippen MR) is 158 cm³/mol. The minimum absolute atomic E-state index is 0.0223. The second-order valence-electron chi connectivity index (χ2n) is 11.8. The van der Waals surface area contributed by atoms with E-state index in [0.29, 0.717) is 25.7 Å². The van der Waals surface area contributed by atoms with E-state index in [0.717, 1.165) is 6.42 Å². The Bertz CT molecular complexity index is 994. The molecular formula is C33H46O3Si. The third-order valence-electron chi connectivity index (χ3n) is 7.43. The first-order valence-electron chi connectivity index (χ1n) is 13.7. The van der Waals surface area contributed by atoms with Gasteiger partial charge in [-0.1, -0.05) is 133 Å². The van der Waals surface area contributed by atoms with Crippen LogP contribution in [0.5, 0.6) is 0 Å². The lowest BCUT2D eigenvalue weighted by atomic mass is 9.87. The molecule has 4 atom stereocenters. The molecule has 4 heteroatoms. The summed E-state index contributed by atoms with van der Waals surface area (Å²) in [5, 5.41) is 13.7. The van der Waals surface area contributed by atoms with Crippen LogP contribution < -0.4 is 10.4 Å². The SMILES string of the molecule is C[C@H](COCc1ccccc1)C[C@@H](C)[C@H](O)[C@@H](C)CO[Si](c1ccccc1)(c1ccccc1)C(C)(C)C. The molecule has 0 saturated heterocycles. The number of aliphatic hydroxyl groups is 1. The van der Waals surface area contributed by atoms with Crippen molar-refractivity contribution in [2.75, 3.05) is 13.2 Å². The summed E-state index contributed by atoms with van der Waals surface area (Å²) in [7, 11) is -2.61. The summed E-state index contributed by atoms with van der Waals surface area (Å²) in [6.07, 6.45) is 0.481. The van der Waals surface area contributed by atoms with Crippen molar-refractivity contribution in [3.63, 3.8) is 0 Å². The maximum absolute atomic E-state index is 11.3. The summed E-state index contributed by atoms with van der Waals surface area (Å²) in [5.41, 5.74) is 1.19. The number of rotatable bonds is 13. The molecule has 37 heavy (non-hydrogen) atoms. The number of aliphatic hydroxyl groups excluding tert-OH is 1. The largest absolute Gasteiger partial charge is 0.407 e. The van der Waals surface area contributed by atoms with Crippen molar-refractivity contribution in [3.8, 4) is 0 Å². The zero-order valence-electron chi connectivity index (χ0n) is 23.6. The van der Waals surface area contributed by atoms with Crippen molar-refractivity contribution in [1.82, 2.24) is 0 Å². The summed E-state index contributed by atoms with van der Waals surface area (Å²) < 4.78 is 13.0. The number of benzene rings is 3. The second-order valence-corrected chi connectivity index (χ2v) is 16.1. The van der Waals surface area contributed by atoms with Crippen molar-refractivity contribution in [3.05, 3.63) is 96.6 Å². The molecule has 3 rings (SSSR count). The van der Waals surface area contributed by atoms with E-state index in [-0.39, 0.29) is 16.9 Å². The molecule has 0 bridgehead atoms. The molecule has 3 aromatic rings. The van der Waals surface area contributed by atoms with E-state index >= 15 is 0 Å². The standard InChI is InChI=1S/C33H46O3Si/c1-26(23-35-25-29-16-10-7-11-17-29)22-27(2)32(34)28(3)24-36-37(33(4,5)6,30-18-12-8-13-19-30)31-20-14-9-15-21-31/h7-21,26-28,32,34H,22-25H2,1-6H3/t26-,27+,28-,32-/m0/s1. The normalized spacial score (nSPS) is 15.6. The Balaban J connectivity index is 1.65. The monoisotopic (exact) mass is 518 g/mol. The highest BCUT2D eigenvalue weighted by atomic mass is 28.4. The third kappa shape index (κ3) is 7.64. The Labute approximate surface area is 226 Å². The van der Waals surface area contributed by atoms with Crippen LogP contribution in [0.2, 0.25) is 5.04 Å². The maximum atomic E-state index is 11.3. The highest BCUT2D eigenvalue weighted by molar-refractivity contribution is 6.99. The van der Waals surface area contributed by atoms with Crippen molar-refractivity contribution < 1.29 is 14.3 Å². The van der Waals surface area contributed by atoms with E-state index in [1.165, 1.54) is 15.9 Å². The highest BCUT2D eigenvalue weighted by Gasteiger charge is 2.50. The Morgan fingerprint density at radius 3 is 1.68 bits per heavy atom. The lowest BCUT2D eigenvalue weighted by molar-refractivity contribution is 0.0210. The van der Waals surface area contributed by atoms with E-state index < -0.39 is 14.4 Å². The lowest BCUT2D eigenvalue weighted by Crippen LogP contribution is -2.67. The van der Waals surface area contributed by atoms with Gasteiger partial charge < -0.3 is 14.3 Å². The molecule has 0 saturated carbocycles. The van der Waals surface area contributed by atoms with Crippen LogP contribution in [0.3, 0.4) is 0 Å². The van der Waals surface area contributed by atoms with Crippen LogP contribution in [-0.2, 0) is 15.8 Å². The van der Waals surface area contributed by atoms with Gasteiger partial charge in [0, 0.05) is 19.1 Å². The van der Waals surface area contributed by atoms with Gasteiger partial charge in [0.05, 0.1) is 12.7 Å². The van der Waals surface area contributed by atoms with Gasteiger partial charge in [-0.2, -0.15) is 0 Å². The molecule has 0 spiro atoms. The molecule has 0 aliphatic carbocycles. The topological polar surface area (TPSA) is 38.7 Å². The van der Waals surface area contributed by atoms with E-state index in [1.54, 1.807) is 0 Å². The van der Waals surface area contributed by atoms with E-state index in [2.05, 4.69) is 114 Å². The van der Waals surface area contributed by atoms with Crippen molar-refractivity contribution in [2.24, 2.45) is 17.8 Å². The zero-order chi connectivity index (χ0) is 26.9. The van der Waals surface area contributed by atoms with Gasteiger partial charge in [0.15, 0.2) is 0 Å². The number of ether oxygens (including phenoxy) is 1. The highest BCUT2D eigenvalue weighted by Crippen LogP contribution is 2.37. The minimum atomic E-state index is -2.61. The summed E-state index contributed by atoms with van der Waals surface area (Å²) >= 11 is 0. The zero-order valence-corrected chi connectivity index (χ0v) is 24.6. The Hall–Kier alpha value is -2.24. The Morgan fingerprint density at radius 2 is 1.19 bits per heavy atom. The van der Waals surface area contributed by atoms with Crippen LogP contribution in [0.4, 0.5) is 0 Å². The quantitative estimate of drug-likeness (QED) is 0.265. The van der Waals surface area contributed by atoms with Gasteiger partial charge >= 0.3 is 0 Å². The van der Waals surface area contributed by atoms with Gasteiger partial charge in [-0.15, -0.1) is 0 Å². The molecule has 0 amide bonds. The molecule has 0 heterocycles. The van der Waals surface area contributed by atoms with Crippen molar-refractivity contribution in [1.29, 1.82) is 0 Å². The Kier molecular flexibility index (Phi) is 10.7. The first kappa shape index (κ1) is 29.3. The van der Waals surface area contributed by atoms with Gasteiger partial charge in [0.2, 0.25) is 0 Å². The fourth-order valence-corrected chi connectivity index (χ4v) is 10.1. The molecule has 200 valence electrons. The second kappa shape index (κ2) is 13.5. The molecule has 0 aliphatic heterocycles. The van der Waals surface area contributed by atoms with Crippen LogP contribution in [-0.4, -0.2) is 32.7 Å². The molecule has 0 aromatic heterocycles. The summed E-state index contributed by atoms with van der Waals surface area (Å²) in [6.45, 7) is 15.2. The molecule has 0 aliphatic rings. The molecule has 3 nitrogen and oxygen atoms in total. The van der Waals surface area contributed by atoms with Crippen LogP contribution in [0.15, 0.2) is 91.0 Å². The van der Waals surface area contributed by atoms with Crippen LogP contribution in [0.1, 0.15) is 53.5 Å².